The summed E-state index contributed by atoms with van der Waals surface area (Å²) in [6, 6.07) is 0.266. The van der Waals surface area contributed by atoms with Gasteiger partial charge in [0.2, 0.25) is 0 Å². The van der Waals surface area contributed by atoms with E-state index in [4.69, 9.17) is 15.3 Å². The standard InChI is InChI=1S/C10H20N2O2/c1-7-2-3-9(14-7)10(12-11)8-4-5-13-6-8/h7-10,12H,2-6,11H2,1H3. The van der Waals surface area contributed by atoms with Crippen LogP contribution >= 0.6 is 0 Å². The molecule has 0 spiro atoms. The molecule has 2 saturated heterocycles. The van der Waals surface area contributed by atoms with E-state index in [1.165, 1.54) is 0 Å². The Morgan fingerprint density at radius 2 is 2.21 bits per heavy atom. The Bertz CT molecular complexity index is 183. The average Bonchev–Trinajstić information content (AvgIpc) is 2.79. The summed E-state index contributed by atoms with van der Waals surface area (Å²) in [5, 5.41) is 0. The summed E-state index contributed by atoms with van der Waals surface area (Å²) in [5.74, 6) is 6.12. The van der Waals surface area contributed by atoms with E-state index in [-0.39, 0.29) is 12.1 Å². The summed E-state index contributed by atoms with van der Waals surface area (Å²) in [6.07, 6.45) is 4.03. The van der Waals surface area contributed by atoms with Crippen LogP contribution in [-0.4, -0.2) is 31.5 Å². The van der Waals surface area contributed by atoms with Gasteiger partial charge in [-0.2, -0.15) is 0 Å². The fourth-order valence-electron chi connectivity index (χ4n) is 2.48. The van der Waals surface area contributed by atoms with Crippen LogP contribution in [0.25, 0.3) is 0 Å². The first-order chi connectivity index (χ1) is 6.81. The van der Waals surface area contributed by atoms with E-state index in [0.29, 0.717) is 12.0 Å². The molecule has 14 heavy (non-hydrogen) atoms. The van der Waals surface area contributed by atoms with E-state index in [2.05, 4.69) is 12.3 Å². The van der Waals surface area contributed by atoms with Crippen LogP contribution < -0.4 is 11.3 Å². The molecule has 2 rings (SSSR count). The highest BCUT2D eigenvalue weighted by Crippen LogP contribution is 2.28. The van der Waals surface area contributed by atoms with Crippen molar-refractivity contribution in [3.05, 3.63) is 0 Å². The van der Waals surface area contributed by atoms with Gasteiger partial charge in [0.1, 0.15) is 0 Å². The lowest BCUT2D eigenvalue weighted by molar-refractivity contribution is 0.0154. The number of hydrogen-bond acceptors (Lipinski definition) is 4. The zero-order valence-electron chi connectivity index (χ0n) is 8.74. The molecule has 0 radical (unpaired) electrons. The molecule has 4 heteroatoms. The highest BCUT2D eigenvalue weighted by molar-refractivity contribution is 4.88. The summed E-state index contributed by atoms with van der Waals surface area (Å²) in [6.45, 7) is 3.81. The zero-order valence-corrected chi connectivity index (χ0v) is 8.74. The fraction of sp³-hybridized carbons (Fsp3) is 1.00. The highest BCUT2D eigenvalue weighted by atomic mass is 16.5. The van der Waals surface area contributed by atoms with Crippen molar-refractivity contribution < 1.29 is 9.47 Å². The quantitative estimate of drug-likeness (QED) is 0.512. The van der Waals surface area contributed by atoms with Gasteiger partial charge in [-0.1, -0.05) is 0 Å². The van der Waals surface area contributed by atoms with Crippen LogP contribution in [0.4, 0.5) is 0 Å². The van der Waals surface area contributed by atoms with Crippen LogP contribution in [0.5, 0.6) is 0 Å². The molecular weight excluding hydrogens is 180 g/mol. The van der Waals surface area contributed by atoms with Crippen LogP contribution in [0, 0.1) is 5.92 Å². The normalized spacial score (nSPS) is 40.3. The lowest BCUT2D eigenvalue weighted by Gasteiger charge is -2.27. The average molecular weight is 200 g/mol. The second kappa shape index (κ2) is 4.57. The molecule has 0 aromatic rings. The first-order valence-electron chi connectivity index (χ1n) is 5.50. The lowest BCUT2D eigenvalue weighted by Crippen LogP contribution is -2.49. The Labute approximate surface area is 85.1 Å². The molecule has 2 aliphatic rings. The molecule has 2 aliphatic heterocycles. The maximum Gasteiger partial charge on any atom is 0.0749 e. The maximum atomic E-state index is 5.83. The van der Waals surface area contributed by atoms with Gasteiger partial charge in [0.05, 0.1) is 24.9 Å². The van der Waals surface area contributed by atoms with Crippen LogP contribution in [-0.2, 0) is 9.47 Å². The number of rotatable bonds is 3. The van der Waals surface area contributed by atoms with Gasteiger partial charge in [-0.05, 0) is 26.2 Å². The third-order valence-electron chi connectivity index (χ3n) is 3.33. The second-order valence-corrected chi connectivity index (χ2v) is 4.38. The molecule has 0 bridgehead atoms. The van der Waals surface area contributed by atoms with Gasteiger partial charge in [0.25, 0.3) is 0 Å². The molecule has 82 valence electrons. The summed E-state index contributed by atoms with van der Waals surface area (Å²) in [4.78, 5) is 0. The van der Waals surface area contributed by atoms with Gasteiger partial charge in [0, 0.05) is 12.5 Å². The second-order valence-electron chi connectivity index (χ2n) is 4.38. The van der Waals surface area contributed by atoms with Crippen molar-refractivity contribution >= 4 is 0 Å². The summed E-state index contributed by atoms with van der Waals surface area (Å²) in [7, 11) is 0. The Morgan fingerprint density at radius 1 is 1.36 bits per heavy atom. The van der Waals surface area contributed by atoms with Crippen molar-refractivity contribution in [1.29, 1.82) is 0 Å². The van der Waals surface area contributed by atoms with E-state index < -0.39 is 0 Å². The van der Waals surface area contributed by atoms with Crippen LogP contribution in [0.1, 0.15) is 26.2 Å². The molecular formula is C10H20N2O2. The Balaban J connectivity index is 1.91. The van der Waals surface area contributed by atoms with Crippen molar-refractivity contribution in [2.45, 2.75) is 44.4 Å². The third-order valence-corrected chi connectivity index (χ3v) is 3.33. The Hall–Kier alpha value is -0.160. The van der Waals surface area contributed by atoms with Crippen LogP contribution in [0.15, 0.2) is 0 Å². The van der Waals surface area contributed by atoms with Crippen LogP contribution in [0.2, 0.25) is 0 Å². The third kappa shape index (κ3) is 2.08. The number of hydrogen-bond donors (Lipinski definition) is 2. The molecule has 4 unspecified atom stereocenters. The van der Waals surface area contributed by atoms with E-state index in [9.17, 15) is 0 Å². The number of hydrazine groups is 1. The van der Waals surface area contributed by atoms with Gasteiger partial charge in [-0.3, -0.25) is 11.3 Å². The molecule has 0 aromatic heterocycles. The SMILES string of the molecule is CC1CCC(C(NN)C2CCOC2)O1. The number of nitrogens with two attached hydrogens (primary N) is 1. The molecule has 0 amide bonds. The fourth-order valence-corrected chi connectivity index (χ4v) is 2.48. The minimum atomic E-state index is 0.266. The molecule has 0 aromatic carbocycles. The molecule has 3 N–H and O–H groups in total. The first-order valence-corrected chi connectivity index (χ1v) is 5.50. The molecule has 0 aliphatic carbocycles. The molecule has 4 atom stereocenters. The summed E-state index contributed by atoms with van der Waals surface area (Å²) >= 11 is 0. The number of nitrogens with one attached hydrogen (secondary N) is 1. The van der Waals surface area contributed by atoms with Crippen molar-refractivity contribution in [2.75, 3.05) is 13.2 Å². The van der Waals surface area contributed by atoms with Crippen molar-refractivity contribution in [3.8, 4) is 0 Å². The molecule has 2 heterocycles. The molecule has 0 saturated carbocycles. The molecule has 2 fully saturated rings. The summed E-state index contributed by atoms with van der Waals surface area (Å²) in [5.41, 5.74) is 2.90. The number of ether oxygens (including phenoxy) is 2. The minimum absolute atomic E-state index is 0.266. The zero-order chi connectivity index (χ0) is 9.97. The largest absolute Gasteiger partial charge is 0.381 e. The van der Waals surface area contributed by atoms with Gasteiger partial charge < -0.3 is 9.47 Å². The predicted molar refractivity (Wildman–Crippen MR) is 53.6 cm³/mol. The van der Waals surface area contributed by atoms with Gasteiger partial charge in [-0.25, -0.2) is 0 Å². The van der Waals surface area contributed by atoms with Crippen molar-refractivity contribution in [2.24, 2.45) is 11.8 Å². The van der Waals surface area contributed by atoms with Gasteiger partial charge >= 0.3 is 0 Å². The van der Waals surface area contributed by atoms with E-state index >= 15 is 0 Å². The van der Waals surface area contributed by atoms with E-state index in [1.54, 1.807) is 0 Å². The predicted octanol–water partition coefficient (Wildman–Crippen LogP) is 0.422. The van der Waals surface area contributed by atoms with Crippen molar-refractivity contribution in [1.82, 2.24) is 5.43 Å². The minimum Gasteiger partial charge on any atom is -0.381 e. The topological polar surface area (TPSA) is 56.5 Å². The van der Waals surface area contributed by atoms with Crippen molar-refractivity contribution in [3.63, 3.8) is 0 Å². The Kier molecular flexibility index (Phi) is 3.38. The van der Waals surface area contributed by atoms with Crippen LogP contribution in [0.3, 0.4) is 0 Å². The Morgan fingerprint density at radius 3 is 2.71 bits per heavy atom. The first kappa shape index (κ1) is 10.4. The maximum absolute atomic E-state index is 5.83. The van der Waals surface area contributed by atoms with Gasteiger partial charge in [-0.15, -0.1) is 0 Å². The van der Waals surface area contributed by atoms with Gasteiger partial charge in [0.15, 0.2) is 0 Å². The lowest BCUT2D eigenvalue weighted by atomic mass is 9.93. The molecule has 4 nitrogen and oxygen atoms in total. The van der Waals surface area contributed by atoms with E-state index in [1.807, 2.05) is 0 Å². The smallest absolute Gasteiger partial charge is 0.0749 e. The highest BCUT2D eigenvalue weighted by Gasteiger charge is 2.35. The van der Waals surface area contributed by atoms with E-state index in [0.717, 1.165) is 32.5 Å². The monoisotopic (exact) mass is 200 g/mol. The summed E-state index contributed by atoms with van der Waals surface area (Å²) < 4.78 is 11.2.